The summed E-state index contributed by atoms with van der Waals surface area (Å²) in [6.45, 7) is 0. The summed E-state index contributed by atoms with van der Waals surface area (Å²) < 4.78 is 5.79. The molecule has 0 radical (unpaired) electrons. The largest absolute Gasteiger partial charge is 0.478 e. The number of aliphatic carboxylic acids is 1. The van der Waals surface area contributed by atoms with Crippen LogP contribution in [0.3, 0.4) is 0 Å². The number of fused-ring (bicyclic) bond motifs is 1. The molecule has 0 amide bonds. The minimum absolute atomic E-state index is 0.147. The van der Waals surface area contributed by atoms with Crippen LogP contribution < -0.4 is 4.74 Å². The molecule has 5 heteroatoms. The molecular weight excluding hydrogens is 347 g/mol. The molecule has 3 aromatic rings. The van der Waals surface area contributed by atoms with Crippen LogP contribution in [0.25, 0.3) is 10.8 Å². The number of ether oxygens (including phenoxy) is 1. The fourth-order valence-corrected chi connectivity index (χ4v) is 3.00. The summed E-state index contributed by atoms with van der Waals surface area (Å²) in [6.07, 6.45) is -0.899. The van der Waals surface area contributed by atoms with Gasteiger partial charge in [0.2, 0.25) is 0 Å². The summed E-state index contributed by atoms with van der Waals surface area (Å²) in [5, 5.41) is 12.3. The van der Waals surface area contributed by atoms with E-state index in [0.717, 1.165) is 10.8 Å². The first-order chi connectivity index (χ1) is 11.5. The standard InChI is InChI=1S/C19H14Cl2O3/c20-14-9-8-13(16(21)11-14)10-18(19(22)23)24-17-7-3-5-12-4-1-2-6-15(12)17/h1-9,11,18H,10H2,(H,22,23)/t18-/m1/s1. The highest BCUT2D eigenvalue weighted by molar-refractivity contribution is 6.35. The van der Waals surface area contributed by atoms with E-state index in [4.69, 9.17) is 27.9 Å². The summed E-state index contributed by atoms with van der Waals surface area (Å²) in [6, 6.07) is 18.2. The number of rotatable bonds is 5. The molecule has 122 valence electrons. The van der Waals surface area contributed by atoms with Crippen LogP contribution in [0.5, 0.6) is 5.75 Å². The molecule has 0 fully saturated rings. The number of halogens is 2. The molecular formula is C19H14Cl2O3. The number of carboxylic acid groups (broad SMARTS) is 1. The lowest BCUT2D eigenvalue weighted by Crippen LogP contribution is -2.29. The Morgan fingerprint density at radius 3 is 2.54 bits per heavy atom. The van der Waals surface area contributed by atoms with E-state index in [2.05, 4.69) is 0 Å². The second kappa shape index (κ2) is 7.12. The molecule has 3 rings (SSSR count). The van der Waals surface area contributed by atoms with Crippen LogP contribution in [-0.2, 0) is 11.2 Å². The zero-order valence-electron chi connectivity index (χ0n) is 12.6. The van der Waals surface area contributed by atoms with Gasteiger partial charge in [0.15, 0.2) is 6.10 Å². The lowest BCUT2D eigenvalue weighted by Gasteiger charge is -2.17. The van der Waals surface area contributed by atoms with Crippen molar-refractivity contribution in [2.24, 2.45) is 0 Å². The van der Waals surface area contributed by atoms with Gasteiger partial charge in [-0.15, -0.1) is 0 Å². The Hall–Kier alpha value is -2.23. The van der Waals surface area contributed by atoms with E-state index < -0.39 is 12.1 Å². The predicted molar refractivity (Wildman–Crippen MR) is 96.2 cm³/mol. The van der Waals surface area contributed by atoms with E-state index in [9.17, 15) is 9.90 Å². The summed E-state index contributed by atoms with van der Waals surface area (Å²) in [5.74, 6) is -0.514. The van der Waals surface area contributed by atoms with Gasteiger partial charge in [-0.05, 0) is 29.1 Å². The number of hydrogen-bond acceptors (Lipinski definition) is 2. The summed E-state index contributed by atoms with van der Waals surface area (Å²) >= 11 is 12.0. The van der Waals surface area contributed by atoms with Gasteiger partial charge in [0.05, 0.1) is 0 Å². The third-order valence-electron chi connectivity index (χ3n) is 3.71. The Morgan fingerprint density at radius 1 is 1.04 bits per heavy atom. The molecule has 3 nitrogen and oxygen atoms in total. The molecule has 0 spiro atoms. The van der Waals surface area contributed by atoms with Gasteiger partial charge in [-0.2, -0.15) is 0 Å². The molecule has 24 heavy (non-hydrogen) atoms. The van der Waals surface area contributed by atoms with Gasteiger partial charge >= 0.3 is 5.97 Å². The van der Waals surface area contributed by atoms with Crippen LogP contribution in [0.15, 0.2) is 60.7 Å². The van der Waals surface area contributed by atoms with Crippen molar-refractivity contribution in [1.82, 2.24) is 0 Å². The maximum Gasteiger partial charge on any atom is 0.345 e. The molecule has 0 aliphatic heterocycles. The molecule has 1 atom stereocenters. The highest BCUT2D eigenvalue weighted by Gasteiger charge is 2.22. The van der Waals surface area contributed by atoms with Crippen molar-refractivity contribution in [3.8, 4) is 5.75 Å². The summed E-state index contributed by atoms with van der Waals surface area (Å²) in [7, 11) is 0. The van der Waals surface area contributed by atoms with Gasteiger partial charge < -0.3 is 9.84 Å². The van der Waals surface area contributed by atoms with Crippen molar-refractivity contribution in [3.63, 3.8) is 0 Å². The second-order valence-corrected chi connectivity index (χ2v) is 6.21. The minimum Gasteiger partial charge on any atom is -0.478 e. The minimum atomic E-state index is -1.05. The summed E-state index contributed by atoms with van der Waals surface area (Å²) in [5.41, 5.74) is 0.675. The first kappa shape index (κ1) is 16.6. The average molecular weight is 361 g/mol. The third kappa shape index (κ3) is 3.64. The van der Waals surface area contributed by atoms with Crippen molar-refractivity contribution in [2.45, 2.75) is 12.5 Å². The van der Waals surface area contributed by atoms with Crippen LogP contribution in [0.1, 0.15) is 5.56 Å². The van der Waals surface area contributed by atoms with Crippen LogP contribution in [-0.4, -0.2) is 17.2 Å². The van der Waals surface area contributed by atoms with E-state index in [0.29, 0.717) is 21.4 Å². The van der Waals surface area contributed by atoms with Crippen LogP contribution in [0, 0.1) is 0 Å². The normalized spacial score (nSPS) is 12.1. The third-order valence-corrected chi connectivity index (χ3v) is 4.30. The number of carboxylic acids is 1. The molecule has 3 aromatic carbocycles. The van der Waals surface area contributed by atoms with Crippen molar-refractivity contribution >= 4 is 39.9 Å². The monoisotopic (exact) mass is 360 g/mol. The Bertz CT molecular complexity index is 887. The number of benzene rings is 3. The predicted octanol–water partition coefficient (Wildman–Crippen LogP) is 5.22. The first-order valence-electron chi connectivity index (χ1n) is 7.36. The molecule has 0 saturated heterocycles. The van der Waals surface area contributed by atoms with Crippen LogP contribution >= 0.6 is 23.2 Å². The van der Waals surface area contributed by atoms with Crippen molar-refractivity contribution < 1.29 is 14.6 Å². The number of carbonyl (C=O) groups is 1. The Labute approximate surface area is 149 Å². The van der Waals surface area contributed by atoms with Gasteiger partial charge in [-0.1, -0.05) is 65.7 Å². The molecule has 0 aliphatic carbocycles. The topological polar surface area (TPSA) is 46.5 Å². The quantitative estimate of drug-likeness (QED) is 0.678. The van der Waals surface area contributed by atoms with Gasteiger partial charge in [0, 0.05) is 21.9 Å². The lowest BCUT2D eigenvalue weighted by molar-refractivity contribution is -0.144. The fourth-order valence-electron chi connectivity index (χ4n) is 2.52. The summed E-state index contributed by atoms with van der Waals surface area (Å²) in [4.78, 5) is 11.6. The van der Waals surface area contributed by atoms with E-state index >= 15 is 0 Å². The Kier molecular flexibility index (Phi) is 4.93. The molecule has 1 N–H and O–H groups in total. The second-order valence-electron chi connectivity index (χ2n) is 5.36. The fraction of sp³-hybridized carbons (Fsp3) is 0.105. The van der Waals surface area contributed by atoms with E-state index in [1.54, 1.807) is 24.3 Å². The first-order valence-corrected chi connectivity index (χ1v) is 8.11. The van der Waals surface area contributed by atoms with Crippen LogP contribution in [0.2, 0.25) is 10.0 Å². The molecule has 0 heterocycles. The highest BCUT2D eigenvalue weighted by Crippen LogP contribution is 2.28. The van der Waals surface area contributed by atoms with Crippen LogP contribution in [0.4, 0.5) is 0 Å². The van der Waals surface area contributed by atoms with Gasteiger partial charge in [-0.3, -0.25) is 0 Å². The maximum atomic E-state index is 11.6. The smallest absolute Gasteiger partial charge is 0.345 e. The Balaban J connectivity index is 1.90. The van der Waals surface area contributed by atoms with Crippen molar-refractivity contribution in [2.75, 3.05) is 0 Å². The Morgan fingerprint density at radius 2 is 1.79 bits per heavy atom. The molecule has 0 bridgehead atoms. The highest BCUT2D eigenvalue weighted by atomic mass is 35.5. The van der Waals surface area contributed by atoms with E-state index in [1.807, 2.05) is 36.4 Å². The molecule has 0 unspecified atom stereocenters. The SMILES string of the molecule is O=C(O)[C@@H](Cc1ccc(Cl)cc1Cl)Oc1cccc2ccccc12. The van der Waals surface area contributed by atoms with Crippen molar-refractivity contribution in [3.05, 3.63) is 76.3 Å². The molecule has 0 saturated carbocycles. The van der Waals surface area contributed by atoms with Gasteiger partial charge in [0.25, 0.3) is 0 Å². The van der Waals surface area contributed by atoms with Gasteiger partial charge in [-0.25, -0.2) is 4.79 Å². The average Bonchev–Trinajstić information content (AvgIpc) is 2.56. The van der Waals surface area contributed by atoms with Gasteiger partial charge in [0.1, 0.15) is 5.75 Å². The zero-order valence-corrected chi connectivity index (χ0v) is 14.1. The maximum absolute atomic E-state index is 11.6. The van der Waals surface area contributed by atoms with E-state index in [1.165, 1.54) is 0 Å². The zero-order chi connectivity index (χ0) is 17.1. The van der Waals surface area contributed by atoms with Crippen molar-refractivity contribution in [1.29, 1.82) is 0 Å². The molecule has 0 aliphatic rings. The lowest BCUT2D eigenvalue weighted by atomic mass is 10.1. The van der Waals surface area contributed by atoms with E-state index in [-0.39, 0.29) is 6.42 Å². The number of hydrogen-bond donors (Lipinski definition) is 1. The molecule has 0 aromatic heterocycles.